The number of hydrogen-bond donors (Lipinski definition) is 3. The van der Waals surface area contributed by atoms with Crippen LogP contribution in [0.3, 0.4) is 0 Å². The summed E-state index contributed by atoms with van der Waals surface area (Å²) in [6.07, 6.45) is 0.939. The van der Waals surface area contributed by atoms with Crippen molar-refractivity contribution in [3.05, 3.63) is 60.5 Å². The Bertz CT molecular complexity index is 1390. The predicted octanol–water partition coefficient (Wildman–Crippen LogP) is 2.94. The van der Waals surface area contributed by atoms with Gasteiger partial charge in [-0.15, -0.1) is 0 Å². The Hall–Kier alpha value is -3.28. The van der Waals surface area contributed by atoms with E-state index < -0.39 is 45.4 Å². The number of pyridine rings is 1. The largest absolute Gasteiger partial charge is 0.451 e. The van der Waals surface area contributed by atoms with Crippen molar-refractivity contribution in [3.8, 4) is 0 Å². The molecule has 0 aliphatic carbocycles. The number of carbonyl (C=O) groups is 2. The van der Waals surface area contributed by atoms with Gasteiger partial charge in [-0.1, -0.05) is 52.0 Å². The Morgan fingerprint density at radius 2 is 1.90 bits per heavy atom. The van der Waals surface area contributed by atoms with Crippen molar-refractivity contribution >= 4 is 32.8 Å². The third-order valence-electron chi connectivity index (χ3n) is 6.78. The number of rotatable bonds is 8. The number of aliphatic hydroxyl groups excluding tert-OH is 1. The van der Waals surface area contributed by atoms with Crippen molar-refractivity contribution < 1.29 is 27.5 Å². The lowest BCUT2D eigenvalue weighted by molar-refractivity contribution is -0.125. The maximum Gasteiger partial charge on any atom is 0.287 e. The van der Waals surface area contributed by atoms with Gasteiger partial charge in [0, 0.05) is 24.7 Å². The van der Waals surface area contributed by atoms with Crippen molar-refractivity contribution in [2.24, 2.45) is 11.3 Å². The monoisotopic (exact) mass is 556 g/mol. The number of aliphatic hydroxyl groups is 1. The number of sulfonamides is 1. The topological polar surface area (TPSA) is 142 Å². The van der Waals surface area contributed by atoms with Gasteiger partial charge >= 0.3 is 0 Å². The van der Waals surface area contributed by atoms with Crippen LogP contribution in [0.2, 0.25) is 0 Å². The molecule has 4 rings (SSSR count). The zero-order valence-corrected chi connectivity index (χ0v) is 23.4. The second kappa shape index (κ2) is 11.4. The molecule has 2 aromatic heterocycles. The van der Waals surface area contributed by atoms with E-state index in [1.807, 2.05) is 45.9 Å². The number of furan rings is 1. The Morgan fingerprint density at radius 1 is 1.18 bits per heavy atom. The van der Waals surface area contributed by atoms with Gasteiger partial charge in [-0.2, -0.15) is 4.31 Å². The highest BCUT2D eigenvalue weighted by Gasteiger charge is 2.41. The predicted molar refractivity (Wildman–Crippen MR) is 146 cm³/mol. The van der Waals surface area contributed by atoms with Crippen LogP contribution in [0.25, 0.3) is 11.0 Å². The molecule has 3 heterocycles. The molecular formula is C28H36N4O6S. The van der Waals surface area contributed by atoms with Gasteiger partial charge in [-0.25, -0.2) is 13.4 Å². The molecule has 2 unspecified atom stereocenters. The summed E-state index contributed by atoms with van der Waals surface area (Å²) in [5.41, 5.74) is 0.00374. The van der Waals surface area contributed by atoms with E-state index in [4.69, 9.17) is 4.42 Å². The Labute approximate surface area is 228 Å². The molecule has 39 heavy (non-hydrogen) atoms. The molecule has 3 aromatic rings. The van der Waals surface area contributed by atoms with Crippen LogP contribution in [0.5, 0.6) is 0 Å². The summed E-state index contributed by atoms with van der Waals surface area (Å²) < 4.78 is 33.4. The number of benzene rings is 1. The molecule has 11 heteroatoms. The number of nitrogens with zero attached hydrogens (tertiary/aromatic N) is 2. The molecule has 1 saturated heterocycles. The second-order valence-electron chi connectivity index (χ2n) is 11.3. The molecule has 1 aliphatic heterocycles. The summed E-state index contributed by atoms with van der Waals surface area (Å²) in [6, 6.07) is 11.9. The number of hydrogen-bond acceptors (Lipinski definition) is 7. The van der Waals surface area contributed by atoms with Gasteiger partial charge < -0.3 is 20.2 Å². The van der Waals surface area contributed by atoms with Gasteiger partial charge in [-0.3, -0.25) is 9.59 Å². The van der Waals surface area contributed by atoms with Crippen LogP contribution >= 0.6 is 0 Å². The number of para-hydroxylation sites is 1. The van der Waals surface area contributed by atoms with Gasteiger partial charge in [0.05, 0.1) is 12.1 Å². The quantitative estimate of drug-likeness (QED) is 0.387. The Morgan fingerprint density at radius 3 is 2.56 bits per heavy atom. The number of β-amino-alcohol motifs (C(OH)–C–C–N with tert-alkyl or cyclic N) is 1. The van der Waals surface area contributed by atoms with Crippen molar-refractivity contribution in [1.29, 1.82) is 0 Å². The van der Waals surface area contributed by atoms with E-state index in [1.165, 1.54) is 16.6 Å². The molecule has 0 radical (unpaired) electrons. The Balaban J connectivity index is 1.50. The summed E-state index contributed by atoms with van der Waals surface area (Å²) in [5, 5.41) is 17.4. The fraction of sp³-hybridized carbons (Fsp3) is 0.464. The second-order valence-corrected chi connectivity index (χ2v) is 13.2. The summed E-state index contributed by atoms with van der Waals surface area (Å²) in [5.74, 6) is -0.773. The SMILES string of the molecule is CC(C)C[C@H](NC(=O)c1cc2ccccc2o1)C(=O)NC1CC(C)(C)CN(S(=O)(=O)c2ccccn2)CC1O. The van der Waals surface area contributed by atoms with Crippen LogP contribution in [0.1, 0.15) is 51.1 Å². The van der Waals surface area contributed by atoms with Crippen LogP contribution < -0.4 is 10.6 Å². The van der Waals surface area contributed by atoms with Crippen molar-refractivity contribution in [3.63, 3.8) is 0 Å². The number of carbonyl (C=O) groups excluding carboxylic acids is 2. The minimum absolute atomic E-state index is 0.0891. The van der Waals surface area contributed by atoms with E-state index in [1.54, 1.807) is 24.3 Å². The molecule has 3 atom stereocenters. The molecule has 1 aliphatic rings. The maximum absolute atomic E-state index is 13.4. The van der Waals surface area contributed by atoms with Gasteiger partial charge in [0.1, 0.15) is 11.6 Å². The number of amides is 2. The van der Waals surface area contributed by atoms with Gasteiger partial charge in [0.2, 0.25) is 5.91 Å². The smallest absolute Gasteiger partial charge is 0.287 e. The highest BCUT2D eigenvalue weighted by Crippen LogP contribution is 2.31. The first kappa shape index (κ1) is 28.7. The van der Waals surface area contributed by atoms with Crippen molar-refractivity contribution in [2.45, 2.75) is 63.8 Å². The summed E-state index contributed by atoms with van der Waals surface area (Å²) in [6.45, 7) is 7.61. The van der Waals surface area contributed by atoms with Gasteiger partial charge in [0.25, 0.3) is 15.9 Å². The molecule has 3 N–H and O–H groups in total. The molecule has 0 bridgehead atoms. The first-order chi connectivity index (χ1) is 18.4. The lowest BCUT2D eigenvalue weighted by Crippen LogP contribution is -2.54. The molecule has 210 valence electrons. The third kappa shape index (κ3) is 6.84. The van der Waals surface area contributed by atoms with E-state index in [0.29, 0.717) is 18.4 Å². The maximum atomic E-state index is 13.4. The standard InChI is InChI=1S/C28H36N4O6S/c1-18(2)13-20(30-27(35)24-14-19-9-5-6-10-23(19)38-24)26(34)31-21-15-28(3,4)17-32(16-22(21)33)39(36,37)25-11-7-8-12-29-25/h5-12,14,18,20-22,33H,13,15-17H2,1-4H3,(H,30,35)(H,31,34)/t20-,21?,22?/m0/s1. The lowest BCUT2D eigenvalue weighted by atomic mass is 9.85. The number of nitrogens with one attached hydrogen (secondary N) is 2. The highest BCUT2D eigenvalue weighted by molar-refractivity contribution is 7.89. The molecule has 1 fully saturated rings. The van der Waals surface area contributed by atoms with Crippen molar-refractivity contribution in [2.75, 3.05) is 13.1 Å². The third-order valence-corrected chi connectivity index (χ3v) is 8.51. The lowest BCUT2D eigenvalue weighted by Gasteiger charge is -2.30. The molecule has 2 amide bonds. The average molecular weight is 557 g/mol. The van der Waals surface area contributed by atoms with E-state index in [9.17, 15) is 23.1 Å². The molecule has 0 saturated carbocycles. The molecular weight excluding hydrogens is 520 g/mol. The highest BCUT2D eigenvalue weighted by atomic mass is 32.2. The first-order valence-corrected chi connectivity index (χ1v) is 14.5. The average Bonchev–Trinajstić information content (AvgIpc) is 3.27. The Kier molecular flexibility index (Phi) is 8.43. The van der Waals surface area contributed by atoms with Crippen LogP contribution in [0, 0.1) is 11.3 Å². The summed E-state index contributed by atoms with van der Waals surface area (Å²) >= 11 is 0. The van der Waals surface area contributed by atoms with Crippen LogP contribution in [0.4, 0.5) is 0 Å². The first-order valence-electron chi connectivity index (χ1n) is 13.0. The van der Waals surface area contributed by atoms with Crippen LogP contribution in [0.15, 0.2) is 64.2 Å². The fourth-order valence-electron chi connectivity index (χ4n) is 4.95. The molecule has 1 aromatic carbocycles. The zero-order valence-electron chi connectivity index (χ0n) is 22.6. The molecule has 10 nitrogen and oxygen atoms in total. The van der Waals surface area contributed by atoms with E-state index in [0.717, 1.165) is 5.39 Å². The van der Waals surface area contributed by atoms with E-state index in [-0.39, 0.29) is 29.8 Å². The fourth-order valence-corrected chi connectivity index (χ4v) is 6.52. The summed E-state index contributed by atoms with van der Waals surface area (Å²) in [7, 11) is -3.95. The molecule has 0 spiro atoms. The number of aromatic nitrogens is 1. The minimum atomic E-state index is -3.95. The van der Waals surface area contributed by atoms with Gasteiger partial charge in [0.15, 0.2) is 10.8 Å². The normalized spacial score (nSPS) is 20.9. The summed E-state index contributed by atoms with van der Waals surface area (Å²) in [4.78, 5) is 30.4. The van der Waals surface area contributed by atoms with Crippen molar-refractivity contribution in [1.82, 2.24) is 19.9 Å². The minimum Gasteiger partial charge on any atom is -0.451 e. The van der Waals surface area contributed by atoms with Crippen LogP contribution in [-0.2, 0) is 14.8 Å². The number of fused-ring (bicyclic) bond motifs is 1. The van der Waals surface area contributed by atoms with E-state index >= 15 is 0 Å². The van der Waals surface area contributed by atoms with E-state index in [2.05, 4.69) is 15.6 Å². The van der Waals surface area contributed by atoms with Gasteiger partial charge in [-0.05, 0) is 48.4 Å². The zero-order chi connectivity index (χ0) is 28.4. The van der Waals surface area contributed by atoms with Crippen LogP contribution in [-0.4, -0.2) is 65.9 Å².